The van der Waals surface area contributed by atoms with Crippen molar-refractivity contribution >= 4 is 0 Å². The van der Waals surface area contributed by atoms with Crippen LogP contribution in [0.1, 0.15) is 26.2 Å². The minimum absolute atomic E-state index is 0.388. The fourth-order valence-electron chi connectivity index (χ4n) is 2.08. The van der Waals surface area contributed by atoms with Gasteiger partial charge < -0.3 is 5.32 Å². The number of nitrogens with one attached hydrogen (secondary N) is 1. The summed E-state index contributed by atoms with van der Waals surface area (Å²) in [6, 6.07) is 0. The minimum Gasteiger partial charge on any atom is -0.316 e. The van der Waals surface area contributed by atoms with E-state index < -0.39 is 12.7 Å². The second kappa shape index (κ2) is 6.45. The van der Waals surface area contributed by atoms with Crippen molar-refractivity contribution in [1.82, 2.24) is 10.2 Å². The van der Waals surface area contributed by atoms with Gasteiger partial charge in [0.1, 0.15) is 0 Å². The van der Waals surface area contributed by atoms with Crippen LogP contribution >= 0.6 is 0 Å². The molecule has 0 spiro atoms. The Morgan fingerprint density at radius 3 is 2.75 bits per heavy atom. The Hall–Kier alpha value is -0.290. The van der Waals surface area contributed by atoms with E-state index in [4.69, 9.17) is 0 Å². The zero-order valence-corrected chi connectivity index (χ0v) is 9.82. The van der Waals surface area contributed by atoms with Crippen molar-refractivity contribution in [2.45, 2.75) is 32.4 Å². The van der Waals surface area contributed by atoms with Crippen LogP contribution in [0.2, 0.25) is 0 Å². The molecule has 1 atom stereocenters. The van der Waals surface area contributed by atoms with Gasteiger partial charge >= 0.3 is 6.18 Å². The summed E-state index contributed by atoms with van der Waals surface area (Å²) in [6.07, 6.45) is -0.878. The molecule has 1 N–H and O–H groups in total. The van der Waals surface area contributed by atoms with Crippen molar-refractivity contribution in [3.63, 3.8) is 0 Å². The predicted molar refractivity (Wildman–Crippen MR) is 58.4 cm³/mol. The quantitative estimate of drug-likeness (QED) is 0.714. The molecule has 0 amide bonds. The summed E-state index contributed by atoms with van der Waals surface area (Å²) in [4.78, 5) is 1.51. The second-order valence-corrected chi connectivity index (χ2v) is 4.56. The number of halogens is 3. The molecule has 16 heavy (non-hydrogen) atoms. The number of alkyl halides is 3. The Kier molecular flexibility index (Phi) is 5.55. The highest BCUT2D eigenvalue weighted by Gasteiger charge is 2.33. The standard InChI is InChI=1S/C11H21F3N2/c1-2-3-5-15-7-10-4-6-16(8-10)9-11(12,13)14/h10,15H,2-9H2,1H3. The Balaban J connectivity index is 2.10. The average molecular weight is 238 g/mol. The summed E-state index contributed by atoms with van der Waals surface area (Å²) in [7, 11) is 0. The van der Waals surface area contributed by atoms with Gasteiger partial charge in [0.15, 0.2) is 0 Å². The van der Waals surface area contributed by atoms with Gasteiger partial charge in [-0.25, -0.2) is 0 Å². The molecule has 0 radical (unpaired) electrons. The van der Waals surface area contributed by atoms with Gasteiger partial charge in [0.2, 0.25) is 0 Å². The van der Waals surface area contributed by atoms with E-state index in [0.717, 1.165) is 32.4 Å². The molecule has 0 bridgehead atoms. The summed E-state index contributed by atoms with van der Waals surface area (Å²) in [5, 5.41) is 3.30. The lowest BCUT2D eigenvalue weighted by atomic mass is 10.1. The maximum absolute atomic E-state index is 12.1. The molecule has 1 saturated heterocycles. The van der Waals surface area contributed by atoms with Crippen molar-refractivity contribution in [1.29, 1.82) is 0 Å². The van der Waals surface area contributed by atoms with Crippen LogP contribution in [-0.4, -0.2) is 43.8 Å². The van der Waals surface area contributed by atoms with Crippen molar-refractivity contribution in [2.75, 3.05) is 32.7 Å². The maximum Gasteiger partial charge on any atom is 0.401 e. The van der Waals surface area contributed by atoms with E-state index in [1.54, 1.807) is 0 Å². The van der Waals surface area contributed by atoms with Gasteiger partial charge in [-0.15, -0.1) is 0 Å². The number of unbranched alkanes of at least 4 members (excludes halogenated alkanes) is 1. The molecular weight excluding hydrogens is 217 g/mol. The van der Waals surface area contributed by atoms with E-state index in [2.05, 4.69) is 12.2 Å². The van der Waals surface area contributed by atoms with E-state index in [0.29, 0.717) is 19.0 Å². The highest BCUT2D eigenvalue weighted by atomic mass is 19.4. The zero-order valence-electron chi connectivity index (χ0n) is 9.82. The fraction of sp³-hybridized carbons (Fsp3) is 1.00. The number of hydrogen-bond acceptors (Lipinski definition) is 2. The van der Waals surface area contributed by atoms with Crippen LogP contribution in [0.5, 0.6) is 0 Å². The first-order valence-corrected chi connectivity index (χ1v) is 6.01. The van der Waals surface area contributed by atoms with Gasteiger partial charge in [-0.3, -0.25) is 4.90 Å². The predicted octanol–water partition coefficient (Wildman–Crippen LogP) is 2.26. The SMILES string of the molecule is CCCCNCC1CCN(CC(F)(F)F)C1. The van der Waals surface area contributed by atoms with Gasteiger partial charge in [-0.2, -0.15) is 13.2 Å². The Labute approximate surface area is 95.2 Å². The maximum atomic E-state index is 12.1. The van der Waals surface area contributed by atoms with E-state index in [1.807, 2.05) is 0 Å². The van der Waals surface area contributed by atoms with E-state index in [1.165, 1.54) is 4.90 Å². The van der Waals surface area contributed by atoms with Crippen LogP contribution in [0.25, 0.3) is 0 Å². The molecular formula is C11H21F3N2. The summed E-state index contributed by atoms with van der Waals surface area (Å²) in [5.74, 6) is 0.388. The Morgan fingerprint density at radius 2 is 2.12 bits per heavy atom. The lowest BCUT2D eigenvalue weighted by molar-refractivity contribution is -0.143. The number of hydrogen-bond donors (Lipinski definition) is 1. The van der Waals surface area contributed by atoms with Gasteiger partial charge in [-0.1, -0.05) is 13.3 Å². The summed E-state index contributed by atoms with van der Waals surface area (Å²) in [6.45, 7) is 4.37. The van der Waals surface area contributed by atoms with E-state index in [9.17, 15) is 13.2 Å². The third-order valence-corrected chi connectivity index (χ3v) is 2.91. The van der Waals surface area contributed by atoms with Crippen LogP contribution in [0, 0.1) is 5.92 Å². The lowest BCUT2D eigenvalue weighted by Crippen LogP contribution is -2.33. The summed E-state index contributed by atoms with van der Waals surface area (Å²) < 4.78 is 36.4. The average Bonchev–Trinajstić information content (AvgIpc) is 2.58. The number of rotatable bonds is 6. The molecule has 0 aromatic heterocycles. The molecule has 0 aromatic carbocycles. The van der Waals surface area contributed by atoms with Crippen molar-refractivity contribution in [3.05, 3.63) is 0 Å². The van der Waals surface area contributed by atoms with Gasteiger partial charge in [0, 0.05) is 6.54 Å². The Bertz CT molecular complexity index is 194. The molecule has 5 heteroatoms. The molecule has 2 nitrogen and oxygen atoms in total. The lowest BCUT2D eigenvalue weighted by Gasteiger charge is -2.17. The molecule has 1 unspecified atom stereocenters. The molecule has 0 aromatic rings. The minimum atomic E-state index is -4.05. The first kappa shape index (κ1) is 13.8. The molecule has 1 fully saturated rings. The first-order valence-electron chi connectivity index (χ1n) is 6.01. The van der Waals surface area contributed by atoms with Crippen molar-refractivity contribution in [2.24, 2.45) is 5.92 Å². The third kappa shape index (κ3) is 5.70. The molecule has 96 valence electrons. The fourth-order valence-corrected chi connectivity index (χ4v) is 2.08. The largest absolute Gasteiger partial charge is 0.401 e. The van der Waals surface area contributed by atoms with Crippen molar-refractivity contribution < 1.29 is 13.2 Å². The number of nitrogens with zero attached hydrogens (tertiary/aromatic N) is 1. The Morgan fingerprint density at radius 1 is 1.38 bits per heavy atom. The second-order valence-electron chi connectivity index (χ2n) is 4.56. The summed E-state index contributed by atoms with van der Waals surface area (Å²) in [5.41, 5.74) is 0. The van der Waals surface area contributed by atoms with Crippen LogP contribution in [0.15, 0.2) is 0 Å². The highest BCUT2D eigenvalue weighted by molar-refractivity contribution is 4.78. The molecule has 0 saturated carbocycles. The topological polar surface area (TPSA) is 15.3 Å². The molecule has 1 heterocycles. The smallest absolute Gasteiger partial charge is 0.316 e. The third-order valence-electron chi connectivity index (χ3n) is 2.91. The molecule has 1 aliphatic heterocycles. The van der Waals surface area contributed by atoms with Crippen LogP contribution in [-0.2, 0) is 0 Å². The monoisotopic (exact) mass is 238 g/mol. The van der Waals surface area contributed by atoms with Gasteiger partial charge in [0.25, 0.3) is 0 Å². The molecule has 1 rings (SSSR count). The first-order chi connectivity index (χ1) is 7.51. The number of likely N-dealkylation sites (tertiary alicyclic amines) is 1. The van der Waals surface area contributed by atoms with E-state index >= 15 is 0 Å². The highest BCUT2D eigenvalue weighted by Crippen LogP contribution is 2.22. The van der Waals surface area contributed by atoms with Crippen LogP contribution in [0.4, 0.5) is 13.2 Å². The molecule has 1 aliphatic rings. The molecule has 0 aliphatic carbocycles. The van der Waals surface area contributed by atoms with Gasteiger partial charge in [0.05, 0.1) is 6.54 Å². The normalized spacial score (nSPS) is 22.9. The van der Waals surface area contributed by atoms with Crippen LogP contribution < -0.4 is 5.32 Å². The van der Waals surface area contributed by atoms with Gasteiger partial charge in [-0.05, 0) is 38.4 Å². The van der Waals surface area contributed by atoms with Crippen molar-refractivity contribution in [3.8, 4) is 0 Å². The zero-order chi connectivity index (χ0) is 12.0. The summed E-state index contributed by atoms with van der Waals surface area (Å²) >= 11 is 0. The van der Waals surface area contributed by atoms with E-state index in [-0.39, 0.29) is 0 Å². The van der Waals surface area contributed by atoms with Crippen LogP contribution in [0.3, 0.4) is 0 Å².